The van der Waals surface area contributed by atoms with Gasteiger partial charge in [0, 0.05) is 6.61 Å². The summed E-state index contributed by atoms with van der Waals surface area (Å²) in [6.07, 6.45) is 3.75. The minimum Gasteiger partial charge on any atom is -0.382 e. The molecule has 0 aliphatic carbocycles. The summed E-state index contributed by atoms with van der Waals surface area (Å²) >= 11 is 1.23. The van der Waals surface area contributed by atoms with Crippen molar-refractivity contribution in [1.29, 1.82) is 0 Å². The SMILES string of the molecule is CCCCCOC(O)C(C)(C)NP(=O)(CO[C@H](C)Cn1cnc2c(N)ncnc21)NC(=O)c1cccs1. The van der Waals surface area contributed by atoms with Gasteiger partial charge in [0.1, 0.15) is 18.2 Å². The normalized spacial score (nSPS) is 15.4. The van der Waals surface area contributed by atoms with Crippen LogP contribution in [0, 0.1) is 0 Å². The number of aliphatic hydroxyl groups excluding tert-OH is 1. The first-order valence-electron chi connectivity index (χ1n) is 12.1. The Morgan fingerprint density at radius 3 is 2.78 bits per heavy atom. The number of rotatable bonds is 15. The van der Waals surface area contributed by atoms with E-state index in [4.69, 9.17) is 15.2 Å². The summed E-state index contributed by atoms with van der Waals surface area (Å²) in [7, 11) is -3.71. The van der Waals surface area contributed by atoms with Gasteiger partial charge in [0.25, 0.3) is 13.4 Å². The highest BCUT2D eigenvalue weighted by atomic mass is 32.1. The van der Waals surface area contributed by atoms with Crippen molar-refractivity contribution in [3.05, 3.63) is 35.0 Å². The van der Waals surface area contributed by atoms with Crippen LogP contribution in [0.2, 0.25) is 0 Å². The Hall–Kier alpha value is -2.41. The van der Waals surface area contributed by atoms with Gasteiger partial charge < -0.3 is 24.9 Å². The largest absolute Gasteiger partial charge is 0.382 e. The second kappa shape index (κ2) is 12.9. The number of nitrogens with one attached hydrogen (secondary N) is 2. The molecule has 3 aromatic heterocycles. The smallest absolute Gasteiger partial charge is 0.267 e. The summed E-state index contributed by atoms with van der Waals surface area (Å²) in [6, 6.07) is 3.38. The monoisotopic (exact) mass is 553 g/mol. The third-order valence-electron chi connectivity index (χ3n) is 5.56. The van der Waals surface area contributed by atoms with Gasteiger partial charge in [0.15, 0.2) is 17.8 Å². The molecule has 3 atom stereocenters. The predicted molar refractivity (Wildman–Crippen MR) is 143 cm³/mol. The number of nitrogen functional groups attached to an aromatic ring is 1. The Morgan fingerprint density at radius 1 is 1.30 bits per heavy atom. The Morgan fingerprint density at radius 2 is 2.08 bits per heavy atom. The molecule has 5 N–H and O–H groups in total. The molecular weight excluding hydrogens is 517 g/mol. The highest BCUT2D eigenvalue weighted by molar-refractivity contribution is 7.60. The van der Waals surface area contributed by atoms with Crippen molar-refractivity contribution in [2.24, 2.45) is 0 Å². The van der Waals surface area contributed by atoms with E-state index in [1.165, 1.54) is 17.7 Å². The van der Waals surface area contributed by atoms with Crippen molar-refractivity contribution in [3.63, 3.8) is 0 Å². The molecule has 3 rings (SSSR count). The van der Waals surface area contributed by atoms with Crippen LogP contribution in [0.5, 0.6) is 0 Å². The molecule has 204 valence electrons. The Labute approximate surface area is 220 Å². The highest BCUT2D eigenvalue weighted by Crippen LogP contribution is 2.41. The molecule has 0 radical (unpaired) electrons. The van der Waals surface area contributed by atoms with Gasteiger partial charge in [0.2, 0.25) is 0 Å². The number of nitrogens with two attached hydrogens (primary N) is 1. The second-order valence-corrected chi connectivity index (χ2v) is 12.5. The zero-order valence-electron chi connectivity index (χ0n) is 21.6. The highest BCUT2D eigenvalue weighted by Gasteiger charge is 2.38. The van der Waals surface area contributed by atoms with Crippen LogP contribution in [0.25, 0.3) is 11.2 Å². The summed E-state index contributed by atoms with van der Waals surface area (Å²) in [5.41, 5.74) is 5.75. The van der Waals surface area contributed by atoms with E-state index in [0.29, 0.717) is 29.2 Å². The van der Waals surface area contributed by atoms with Crippen LogP contribution < -0.4 is 15.9 Å². The van der Waals surface area contributed by atoms with Gasteiger partial charge in [0.05, 0.1) is 29.4 Å². The molecular formula is C23H36N7O5PS. The van der Waals surface area contributed by atoms with Crippen LogP contribution in [0.3, 0.4) is 0 Å². The van der Waals surface area contributed by atoms with Gasteiger partial charge in [-0.2, -0.15) is 0 Å². The van der Waals surface area contributed by atoms with Crippen molar-refractivity contribution in [2.45, 2.75) is 71.4 Å². The number of hydrogen-bond acceptors (Lipinski definition) is 10. The molecule has 12 nitrogen and oxygen atoms in total. The van der Waals surface area contributed by atoms with Crippen LogP contribution in [-0.2, 0) is 20.6 Å². The molecule has 0 fully saturated rings. The number of hydrogen-bond donors (Lipinski definition) is 4. The van der Waals surface area contributed by atoms with Crippen molar-refractivity contribution >= 4 is 41.7 Å². The van der Waals surface area contributed by atoms with E-state index >= 15 is 0 Å². The zero-order chi connectivity index (χ0) is 27.1. The molecule has 37 heavy (non-hydrogen) atoms. The fraction of sp³-hybridized carbons (Fsp3) is 0.565. The summed E-state index contributed by atoms with van der Waals surface area (Å²) < 4.78 is 27.3. The Bertz CT molecular complexity index is 1200. The number of carbonyl (C=O) groups excluding carboxylic acids is 1. The maximum absolute atomic E-state index is 14.0. The number of ether oxygens (including phenoxy) is 2. The molecule has 3 aromatic rings. The number of carbonyl (C=O) groups is 1. The number of anilines is 1. The first-order chi connectivity index (χ1) is 17.5. The van der Waals surface area contributed by atoms with Crippen molar-refractivity contribution in [1.82, 2.24) is 29.7 Å². The number of aromatic nitrogens is 4. The fourth-order valence-electron chi connectivity index (χ4n) is 3.59. The molecule has 0 saturated carbocycles. The zero-order valence-corrected chi connectivity index (χ0v) is 23.3. The van der Waals surface area contributed by atoms with Gasteiger partial charge in [-0.15, -0.1) is 11.3 Å². The molecule has 0 spiro atoms. The number of thiophene rings is 1. The molecule has 0 saturated heterocycles. The Kier molecular flexibility index (Phi) is 10.2. The third-order valence-corrected chi connectivity index (χ3v) is 8.44. The second-order valence-electron chi connectivity index (χ2n) is 9.36. The number of fused-ring (bicyclic) bond motifs is 1. The maximum atomic E-state index is 14.0. The minimum atomic E-state index is -3.71. The lowest BCUT2D eigenvalue weighted by Gasteiger charge is -2.35. The van der Waals surface area contributed by atoms with Crippen LogP contribution in [0.4, 0.5) is 5.82 Å². The van der Waals surface area contributed by atoms with Gasteiger partial charge in [-0.3, -0.25) is 14.4 Å². The molecule has 1 amide bonds. The number of nitrogens with zero attached hydrogens (tertiary/aromatic N) is 4. The molecule has 14 heteroatoms. The molecule has 3 heterocycles. The first kappa shape index (κ1) is 29.2. The van der Waals surface area contributed by atoms with E-state index in [1.807, 2.05) is 0 Å². The Balaban J connectivity index is 1.70. The summed E-state index contributed by atoms with van der Waals surface area (Å²) in [6.45, 7) is 7.91. The van der Waals surface area contributed by atoms with Crippen molar-refractivity contribution in [2.75, 3.05) is 18.7 Å². The summed E-state index contributed by atoms with van der Waals surface area (Å²) in [5.74, 6) is -0.218. The first-order valence-corrected chi connectivity index (χ1v) is 14.9. The van der Waals surface area contributed by atoms with Gasteiger partial charge in [-0.05, 0) is 38.6 Å². The average Bonchev–Trinajstić information content (AvgIpc) is 3.52. The van der Waals surface area contributed by atoms with Gasteiger partial charge >= 0.3 is 0 Å². The lowest BCUT2D eigenvalue weighted by Crippen LogP contribution is -2.51. The molecule has 0 aliphatic rings. The average molecular weight is 554 g/mol. The van der Waals surface area contributed by atoms with Crippen molar-refractivity contribution in [3.8, 4) is 0 Å². The molecule has 2 unspecified atom stereocenters. The standard InChI is InChI=1S/C23H36N7O5PS/c1-5-6-7-10-34-22(32)23(3,4)29-36(33,28-21(31)17-9-8-11-37-17)15-35-16(2)12-30-14-27-18-19(24)25-13-26-20(18)30/h8-9,11,13-14,16,22,32H,5-7,10,12,15H2,1-4H3,(H2,24,25,26)(H2,28,29,31,33)/t16-,22?,36?/m1/s1. The predicted octanol–water partition coefficient (Wildman–Crippen LogP) is 3.35. The van der Waals surface area contributed by atoms with E-state index in [9.17, 15) is 14.5 Å². The molecule has 0 aliphatic heterocycles. The van der Waals surface area contributed by atoms with E-state index in [1.54, 1.807) is 49.2 Å². The lowest BCUT2D eigenvalue weighted by atomic mass is 10.1. The summed E-state index contributed by atoms with van der Waals surface area (Å²) in [5, 5.41) is 17.9. The molecule has 0 aromatic carbocycles. The number of unbranched alkanes of at least 4 members (excludes halogenated alkanes) is 2. The van der Waals surface area contributed by atoms with E-state index < -0.39 is 31.3 Å². The van der Waals surface area contributed by atoms with E-state index in [2.05, 4.69) is 32.1 Å². The van der Waals surface area contributed by atoms with Crippen LogP contribution >= 0.6 is 18.8 Å². The van der Waals surface area contributed by atoms with Gasteiger partial charge in [-0.1, -0.05) is 25.8 Å². The lowest BCUT2D eigenvalue weighted by molar-refractivity contribution is -0.140. The fourth-order valence-corrected chi connectivity index (χ4v) is 6.42. The van der Waals surface area contributed by atoms with Crippen LogP contribution in [-0.4, -0.2) is 61.4 Å². The number of amides is 1. The minimum absolute atomic E-state index is 0.278. The number of aliphatic hydroxyl groups is 1. The third kappa shape index (κ3) is 8.03. The van der Waals surface area contributed by atoms with Gasteiger partial charge in [-0.25, -0.2) is 20.0 Å². The number of imidazole rings is 1. The van der Waals surface area contributed by atoms with Crippen LogP contribution in [0.1, 0.15) is 56.6 Å². The summed E-state index contributed by atoms with van der Waals surface area (Å²) in [4.78, 5) is 25.6. The van der Waals surface area contributed by atoms with Crippen molar-refractivity contribution < 1.29 is 23.9 Å². The topological polar surface area (TPSA) is 167 Å². The maximum Gasteiger partial charge on any atom is 0.267 e. The van der Waals surface area contributed by atoms with Crippen LogP contribution in [0.15, 0.2) is 30.2 Å². The molecule has 0 bridgehead atoms. The van der Waals surface area contributed by atoms with E-state index in [0.717, 1.165) is 19.3 Å². The van der Waals surface area contributed by atoms with E-state index in [-0.39, 0.29) is 12.2 Å². The quantitative estimate of drug-likeness (QED) is 0.124.